The van der Waals surface area contributed by atoms with Crippen molar-refractivity contribution in [1.29, 1.82) is 5.26 Å². The van der Waals surface area contributed by atoms with Gasteiger partial charge in [0.1, 0.15) is 17.1 Å². The minimum absolute atomic E-state index is 0.169. The van der Waals surface area contributed by atoms with Crippen LogP contribution in [0.15, 0.2) is 34.3 Å². The lowest BCUT2D eigenvalue weighted by Gasteiger charge is -2.22. The number of urea groups is 1. The highest BCUT2D eigenvalue weighted by atomic mass is 32.2. The number of rotatable bonds is 9. The number of benzene rings is 2. The number of nitrogens with zero attached hydrogens (tertiary/aromatic N) is 6. The number of likely N-dealkylation sites (N-methyl/N-ethyl adjacent to an activating group) is 2. The van der Waals surface area contributed by atoms with Crippen LogP contribution in [0.1, 0.15) is 91.2 Å². The maximum atomic E-state index is 12.7. The Morgan fingerprint density at radius 3 is 1.92 bits per heavy atom. The zero-order valence-corrected chi connectivity index (χ0v) is 35.5. The van der Waals surface area contributed by atoms with Gasteiger partial charge in [-0.3, -0.25) is 14.2 Å². The highest BCUT2D eigenvalue weighted by molar-refractivity contribution is 7.90. The number of aromatic nitrogens is 4. The predicted molar refractivity (Wildman–Crippen MR) is 220 cm³/mol. The van der Waals surface area contributed by atoms with Gasteiger partial charge < -0.3 is 25.4 Å². The van der Waals surface area contributed by atoms with Crippen LogP contribution in [0.4, 0.5) is 10.5 Å². The fourth-order valence-corrected chi connectivity index (χ4v) is 10.1. The first-order valence-corrected chi connectivity index (χ1v) is 23.2. The number of anilines is 1. The second-order valence-corrected chi connectivity index (χ2v) is 18.7. The van der Waals surface area contributed by atoms with Crippen LogP contribution in [0.2, 0.25) is 0 Å². The molecule has 61 heavy (non-hydrogen) atoms. The van der Waals surface area contributed by atoms with Crippen molar-refractivity contribution in [2.45, 2.75) is 100 Å². The van der Waals surface area contributed by atoms with Gasteiger partial charge in [0.2, 0.25) is 0 Å². The molecule has 0 spiro atoms. The van der Waals surface area contributed by atoms with E-state index in [0.29, 0.717) is 19.6 Å². The SMILES string of the molecule is CN1CCn2nc(S(N)(=O)=O)cc2C1=O.CNCCn1nc(S(=O)(=O)NC(=O)Nc2c3c(cc4c2CCC4)CCC3)cc1C(=O)O.N#COc1c2c(cc3c1CCC3)CCC2. The molecule has 2 aromatic heterocycles. The maximum absolute atomic E-state index is 12.7. The van der Waals surface area contributed by atoms with E-state index in [-0.39, 0.29) is 28.9 Å². The van der Waals surface area contributed by atoms with Crippen molar-refractivity contribution in [3.63, 3.8) is 0 Å². The zero-order chi connectivity index (χ0) is 43.6. The molecule has 2 aromatic carbocycles. The fourth-order valence-electron chi connectivity index (χ4n) is 8.71. The summed E-state index contributed by atoms with van der Waals surface area (Å²) in [6, 6.07) is 5.83. The second kappa shape index (κ2) is 17.6. The Hall–Kier alpha value is -5.82. The molecule has 9 rings (SSSR count). The van der Waals surface area contributed by atoms with E-state index in [4.69, 9.17) is 15.1 Å². The van der Waals surface area contributed by atoms with E-state index in [0.717, 1.165) is 97.5 Å². The van der Waals surface area contributed by atoms with Gasteiger partial charge in [-0.05, 0) is 129 Å². The molecule has 0 saturated heterocycles. The molecule has 6 N–H and O–H groups in total. The Morgan fingerprint density at radius 1 is 0.836 bits per heavy atom. The van der Waals surface area contributed by atoms with Gasteiger partial charge in [-0.1, -0.05) is 12.1 Å². The third kappa shape index (κ3) is 9.12. The average Bonchev–Trinajstić information content (AvgIpc) is 4.06. The van der Waals surface area contributed by atoms with E-state index in [2.05, 4.69) is 33.0 Å². The number of ether oxygens (including phenoxy) is 1. The summed E-state index contributed by atoms with van der Waals surface area (Å²) in [5, 5.41) is 35.4. The zero-order valence-electron chi connectivity index (χ0n) is 33.9. The van der Waals surface area contributed by atoms with E-state index in [9.17, 15) is 36.3 Å². The third-order valence-corrected chi connectivity index (χ3v) is 13.6. The van der Waals surface area contributed by atoms with Crippen LogP contribution in [0.5, 0.6) is 5.75 Å². The number of fused-ring (bicyclic) bond motifs is 5. The molecule has 19 nitrogen and oxygen atoms in total. The number of carboxylic acids is 1. The summed E-state index contributed by atoms with van der Waals surface area (Å²) in [5.74, 6) is -0.645. The summed E-state index contributed by atoms with van der Waals surface area (Å²) in [6.07, 6.45) is 14.4. The van der Waals surface area contributed by atoms with Crippen LogP contribution in [-0.4, -0.2) is 91.5 Å². The van der Waals surface area contributed by atoms with Gasteiger partial charge in [-0.15, -0.1) is 5.26 Å². The van der Waals surface area contributed by atoms with E-state index in [1.165, 1.54) is 61.9 Å². The van der Waals surface area contributed by atoms with Gasteiger partial charge in [0.25, 0.3) is 32.2 Å². The van der Waals surface area contributed by atoms with Gasteiger partial charge in [0.15, 0.2) is 10.1 Å². The van der Waals surface area contributed by atoms with Crippen LogP contribution in [0, 0.1) is 11.5 Å². The first-order valence-electron chi connectivity index (χ1n) is 20.1. The van der Waals surface area contributed by atoms with Crippen molar-refractivity contribution in [2.75, 3.05) is 32.5 Å². The predicted octanol–water partition coefficient (Wildman–Crippen LogP) is 2.43. The number of hydrogen-bond acceptors (Lipinski definition) is 12. The highest BCUT2D eigenvalue weighted by Crippen LogP contribution is 2.40. The molecular weight excluding hydrogens is 829 g/mol. The molecule has 3 heterocycles. The highest BCUT2D eigenvalue weighted by Gasteiger charge is 2.30. The number of carbonyl (C=O) groups excluding carboxylic acids is 2. The number of amides is 3. The van der Waals surface area contributed by atoms with Crippen molar-refractivity contribution < 1.29 is 41.1 Å². The molecule has 4 aromatic rings. The number of primary sulfonamides is 1. The van der Waals surface area contributed by atoms with Crippen LogP contribution < -0.4 is 25.2 Å². The molecule has 0 bridgehead atoms. The van der Waals surface area contributed by atoms with Crippen molar-refractivity contribution in [1.82, 2.24) is 34.5 Å². The normalized spacial score (nSPS) is 15.8. The van der Waals surface area contributed by atoms with E-state index >= 15 is 0 Å². The van der Waals surface area contributed by atoms with Crippen molar-refractivity contribution in [3.05, 3.63) is 80.2 Å². The molecule has 0 saturated carbocycles. The minimum atomic E-state index is -4.35. The topological polar surface area (TPSA) is 274 Å². The van der Waals surface area contributed by atoms with Crippen molar-refractivity contribution >= 4 is 43.6 Å². The third-order valence-electron chi connectivity index (χ3n) is 11.6. The molecule has 0 fully saturated rings. The first-order chi connectivity index (χ1) is 29.1. The van der Waals surface area contributed by atoms with E-state index < -0.39 is 37.1 Å². The lowest BCUT2D eigenvalue weighted by Crippen LogP contribution is -2.37. The Morgan fingerprint density at radius 2 is 1.39 bits per heavy atom. The van der Waals surface area contributed by atoms with Crippen LogP contribution in [0.3, 0.4) is 0 Å². The molecule has 21 heteroatoms. The van der Waals surface area contributed by atoms with Gasteiger partial charge in [-0.25, -0.2) is 27.9 Å². The minimum Gasteiger partial charge on any atom is -0.477 e. The molecule has 3 amide bonds. The number of carbonyl (C=O) groups is 3. The van der Waals surface area contributed by atoms with Gasteiger partial charge in [0.05, 0.1) is 13.1 Å². The van der Waals surface area contributed by atoms with Crippen LogP contribution in [-0.2, 0) is 84.5 Å². The Balaban J connectivity index is 0.000000155. The monoisotopic (exact) mass is 876 g/mol. The molecule has 5 aliphatic rings. The van der Waals surface area contributed by atoms with Gasteiger partial charge in [-0.2, -0.15) is 18.6 Å². The molecular formula is C40H48N10O9S2. The first kappa shape index (κ1) is 43.3. The van der Waals surface area contributed by atoms with E-state index in [1.54, 1.807) is 14.1 Å². The van der Waals surface area contributed by atoms with E-state index in [1.807, 2.05) is 11.0 Å². The molecule has 0 atom stereocenters. The van der Waals surface area contributed by atoms with Gasteiger partial charge >= 0.3 is 12.0 Å². The second-order valence-electron chi connectivity index (χ2n) is 15.5. The van der Waals surface area contributed by atoms with Crippen molar-refractivity contribution in [3.8, 4) is 12.0 Å². The Kier molecular flexibility index (Phi) is 12.5. The molecule has 0 unspecified atom stereocenters. The number of nitrogens with one attached hydrogen (secondary N) is 3. The summed E-state index contributed by atoms with van der Waals surface area (Å²) in [5.41, 5.74) is 10.7. The van der Waals surface area contributed by atoms with Crippen LogP contribution >= 0.6 is 0 Å². The van der Waals surface area contributed by atoms with Crippen molar-refractivity contribution in [2.24, 2.45) is 5.14 Å². The number of nitriles is 1. The summed E-state index contributed by atoms with van der Waals surface area (Å²) in [6.45, 7) is 1.56. The lowest BCUT2D eigenvalue weighted by atomic mass is 9.99. The van der Waals surface area contributed by atoms with Gasteiger partial charge in [0, 0.05) is 38.0 Å². The largest absolute Gasteiger partial charge is 0.477 e. The smallest absolute Gasteiger partial charge is 0.354 e. The number of hydrogen-bond donors (Lipinski definition) is 5. The number of aryl methyl sites for hydroxylation is 4. The molecule has 324 valence electrons. The quantitative estimate of drug-likeness (QED) is 0.151. The Bertz CT molecular complexity index is 2620. The number of aromatic carboxylic acids is 1. The fraction of sp³-hybridized carbons (Fsp3) is 0.450. The number of carboxylic acid groups (broad SMARTS) is 1. The molecule has 0 radical (unpaired) electrons. The average molecular weight is 877 g/mol. The summed E-state index contributed by atoms with van der Waals surface area (Å²) in [4.78, 5) is 37.2. The maximum Gasteiger partial charge on any atom is 0.354 e. The summed E-state index contributed by atoms with van der Waals surface area (Å²) in [7, 11) is -4.85. The lowest BCUT2D eigenvalue weighted by molar-refractivity contribution is 0.0681. The summed E-state index contributed by atoms with van der Waals surface area (Å²) < 4.78 is 57.1. The standard InChI is InChI=1S/C20H25N5O5S.C13H13NO.C7H10N4O3S/c1-21-8-9-25-16(19(26)27)11-17(23-25)31(29,30)24-20(28)22-18-14-6-2-4-12(14)10-13-5-3-7-15(13)18;14-8-15-13-11-5-1-3-9(11)7-10-4-2-6-12(10)13;1-10-2-3-11-5(7(10)12)4-6(9-11)15(8,13)14/h10-11,21H,2-9H2,1H3,(H,26,27)(H2,22,24,28);7H,1-6H2;4H,2-3H2,1H3,(H2,8,13,14). The number of nitrogens with two attached hydrogens (primary N) is 1. The molecule has 4 aliphatic carbocycles. The number of sulfonamides is 2. The van der Waals surface area contributed by atoms with Crippen LogP contribution in [0.25, 0.3) is 0 Å². The summed E-state index contributed by atoms with van der Waals surface area (Å²) >= 11 is 0. The Labute approximate surface area is 353 Å². The molecule has 1 aliphatic heterocycles.